The fourth-order valence-corrected chi connectivity index (χ4v) is 1.74. The van der Waals surface area contributed by atoms with Gasteiger partial charge in [-0.15, -0.1) is 0 Å². The van der Waals surface area contributed by atoms with Gasteiger partial charge in [0.2, 0.25) is 0 Å². The van der Waals surface area contributed by atoms with Crippen LogP contribution in [0.4, 0.5) is 10.6 Å². The number of hydrogen-bond acceptors (Lipinski definition) is 4. The van der Waals surface area contributed by atoms with Gasteiger partial charge in [-0.25, -0.2) is 14.8 Å². The van der Waals surface area contributed by atoms with Crippen molar-refractivity contribution in [1.29, 1.82) is 0 Å². The van der Waals surface area contributed by atoms with Gasteiger partial charge >= 0.3 is 6.03 Å². The van der Waals surface area contributed by atoms with Gasteiger partial charge in [-0.1, -0.05) is 6.07 Å². The summed E-state index contributed by atoms with van der Waals surface area (Å²) in [5.74, 6) is 0.973. The van der Waals surface area contributed by atoms with E-state index < -0.39 is 6.03 Å². The van der Waals surface area contributed by atoms with Gasteiger partial charge in [0.15, 0.2) is 0 Å². The molecule has 0 aromatic carbocycles. The summed E-state index contributed by atoms with van der Waals surface area (Å²) in [6.45, 7) is 3.16. The summed E-state index contributed by atoms with van der Waals surface area (Å²) in [4.78, 5) is 17.1. The van der Waals surface area contributed by atoms with E-state index in [1.807, 2.05) is 23.2 Å². The SMILES string of the molecule is NC(=O)NN1CCN(c2ccccn2)CC1. The van der Waals surface area contributed by atoms with Crippen molar-refractivity contribution in [1.82, 2.24) is 15.4 Å². The van der Waals surface area contributed by atoms with E-state index in [0.717, 1.165) is 32.0 Å². The number of nitrogens with zero attached hydrogens (tertiary/aromatic N) is 3. The summed E-state index contributed by atoms with van der Waals surface area (Å²) >= 11 is 0. The Kier molecular flexibility index (Phi) is 3.21. The lowest BCUT2D eigenvalue weighted by molar-refractivity contribution is 0.175. The molecule has 1 aliphatic rings. The highest BCUT2D eigenvalue weighted by Crippen LogP contribution is 2.11. The van der Waals surface area contributed by atoms with Crippen LogP contribution in [0.3, 0.4) is 0 Å². The molecule has 2 amide bonds. The highest BCUT2D eigenvalue weighted by molar-refractivity contribution is 5.71. The maximum Gasteiger partial charge on any atom is 0.326 e. The monoisotopic (exact) mass is 221 g/mol. The maximum absolute atomic E-state index is 10.7. The number of carbonyl (C=O) groups excluding carboxylic acids is 1. The quantitative estimate of drug-likeness (QED) is 0.724. The third-order valence-electron chi connectivity index (χ3n) is 2.52. The number of aromatic nitrogens is 1. The van der Waals surface area contributed by atoms with E-state index in [4.69, 9.17) is 5.73 Å². The van der Waals surface area contributed by atoms with Crippen LogP contribution < -0.4 is 16.1 Å². The summed E-state index contributed by atoms with van der Waals surface area (Å²) in [7, 11) is 0. The molecule has 16 heavy (non-hydrogen) atoms. The molecule has 6 heteroatoms. The highest BCUT2D eigenvalue weighted by Gasteiger charge is 2.18. The molecule has 1 aromatic heterocycles. The fraction of sp³-hybridized carbons (Fsp3) is 0.400. The lowest BCUT2D eigenvalue weighted by Gasteiger charge is -2.34. The number of rotatable bonds is 2. The van der Waals surface area contributed by atoms with Gasteiger partial charge in [0, 0.05) is 32.4 Å². The first-order valence-electron chi connectivity index (χ1n) is 5.23. The molecule has 0 spiro atoms. The summed E-state index contributed by atoms with van der Waals surface area (Å²) < 4.78 is 0. The first-order valence-corrected chi connectivity index (χ1v) is 5.23. The van der Waals surface area contributed by atoms with Gasteiger partial charge in [-0.05, 0) is 12.1 Å². The van der Waals surface area contributed by atoms with Crippen LogP contribution in [0.1, 0.15) is 0 Å². The van der Waals surface area contributed by atoms with E-state index in [-0.39, 0.29) is 0 Å². The number of nitrogens with one attached hydrogen (secondary N) is 1. The van der Waals surface area contributed by atoms with Crippen LogP contribution in [0.5, 0.6) is 0 Å². The molecular formula is C10H15N5O. The van der Waals surface area contributed by atoms with E-state index in [9.17, 15) is 4.79 Å². The third kappa shape index (κ3) is 2.60. The van der Waals surface area contributed by atoms with Crippen LogP contribution in [0, 0.1) is 0 Å². The topological polar surface area (TPSA) is 74.5 Å². The van der Waals surface area contributed by atoms with Crippen LogP contribution >= 0.6 is 0 Å². The fourth-order valence-electron chi connectivity index (χ4n) is 1.74. The molecule has 6 nitrogen and oxygen atoms in total. The largest absolute Gasteiger partial charge is 0.354 e. The number of pyridine rings is 1. The molecule has 0 saturated carbocycles. The smallest absolute Gasteiger partial charge is 0.326 e. The number of nitrogens with two attached hydrogens (primary N) is 1. The van der Waals surface area contributed by atoms with Crippen molar-refractivity contribution < 1.29 is 4.79 Å². The number of carbonyl (C=O) groups is 1. The van der Waals surface area contributed by atoms with E-state index in [1.165, 1.54) is 0 Å². The summed E-state index contributed by atoms with van der Waals surface area (Å²) in [5, 5.41) is 1.82. The van der Waals surface area contributed by atoms with Crippen LogP contribution in [0.15, 0.2) is 24.4 Å². The van der Waals surface area contributed by atoms with Gasteiger partial charge in [0.25, 0.3) is 0 Å². The minimum absolute atomic E-state index is 0.508. The Bertz CT molecular complexity index is 347. The van der Waals surface area contributed by atoms with Crippen molar-refractivity contribution in [3.8, 4) is 0 Å². The standard InChI is InChI=1S/C10H15N5O/c11-10(16)13-15-7-5-14(6-8-15)9-3-1-2-4-12-9/h1-4H,5-8H2,(H3,11,13,16). The van der Waals surface area contributed by atoms with Crippen LogP contribution in [0.2, 0.25) is 0 Å². The average molecular weight is 221 g/mol. The number of hydrazine groups is 1. The maximum atomic E-state index is 10.7. The van der Waals surface area contributed by atoms with E-state index in [1.54, 1.807) is 6.20 Å². The Labute approximate surface area is 94.0 Å². The first-order chi connectivity index (χ1) is 7.75. The highest BCUT2D eigenvalue weighted by atomic mass is 16.2. The number of urea groups is 1. The molecule has 0 atom stereocenters. The Morgan fingerprint density at radius 2 is 2.06 bits per heavy atom. The second kappa shape index (κ2) is 4.80. The molecule has 2 rings (SSSR count). The third-order valence-corrected chi connectivity index (χ3v) is 2.52. The molecule has 2 heterocycles. The number of piperazine rings is 1. The lowest BCUT2D eigenvalue weighted by Crippen LogP contribution is -2.55. The predicted octanol–water partition coefficient (Wildman–Crippen LogP) is -0.213. The molecule has 0 radical (unpaired) electrons. The first kappa shape index (κ1) is 10.7. The minimum Gasteiger partial charge on any atom is -0.354 e. The minimum atomic E-state index is -0.508. The van der Waals surface area contributed by atoms with Crippen LogP contribution in [-0.4, -0.2) is 42.2 Å². The molecule has 0 bridgehead atoms. The van der Waals surface area contributed by atoms with Gasteiger partial charge in [-0.2, -0.15) is 0 Å². The molecule has 1 fully saturated rings. The second-order valence-corrected chi connectivity index (χ2v) is 3.64. The van der Waals surface area contributed by atoms with Crippen molar-refractivity contribution in [3.05, 3.63) is 24.4 Å². The lowest BCUT2D eigenvalue weighted by atomic mass is 10.3. The number of amides is 2. The van der Waals surface area contributed by atoms with Crippen molar-refractivity contribution >= 4 is 11.8 Å². The summed E-state index contributed by atoms with van der Waals surface area (Å²) in [6.07, 6.45) is 1.78. The molecule has 0 unspecified atom stereocenters. The van der Waals surface area contributed by atoms with E-state index in [0.29, 0.717) is 0 Å². The molecule has 1 saturated heterocycles. The van der Waals surface area contributed by atoms with Crippen molar-refractivity contribution in [2.24, 2.45) is 5.73 Å². The summed E-state index contributed by atoms with van der Waals surface area (Å²) in [5.41, 5.74) is 7.63. The molecule has 3 N–H and O–H groups in total. The molecular weight excluding hydrogens is 206 g/mol. The van der Waals surface area contributed by atoms with Gasteiger partial charge in [0.05, 0.1) is 0 Å². The second-order valence-electron chi connectivity index (χ2n) is 3.64. The Morgan fingerprint density at radius 3 is 2.62 bits per heavy atom. The Morgan fingerprint density at radius 1 is 1.31 bits per heavy atom. The van der Waals surface area contributed by atoms with E-state index >= 15 is 0 Å². The zero-order valence-electron chi connectivity index (χ0n) is 8.97. The molecule has 1 aromatic rings. The predicted molar refractivity (Wildman–Crippen MR) is 60.7 cm³/mol. The summed E-state index contributed by atoms with van der Waals surface area (Å²) in [6, 6.07) is 5.34. The van der Waals surface area contributed by atoms with Crippen molar-refractivity contribution in [2.75, 3.05) is 31.1 Å². The van der Waals surface area contributed by atoms with Gasteiger partial charge in [0.1, 0.15) is 5.82 Å². The molecule has 1 aliphatic heterocycles. The Hall–Kier alpha value is -1.82. The van der Waals surface area contributed by atoms with Crippen molar-refractivity contribution in [3.63, 3.8) is 0 Å². The van der Waals surface area contributed by atoms with Crippen LogP contribution in [-0.2, 0) is 0 Å². The zero-order chi connectivity index (χ0) is 11.4. The van der Waals surface area contributed by atoms with Crippen LogP contribution in [0.25, 0.3) is 0 Å². The number of hydrogen-bond donors (Lipinski definition) is 2. The zero-order valence-corrected chi connectivity index (χ0v) is 8.97. The van der Waals surface area contributed by atoms with Gasteiger partial charge < -0.3 is 10.6 Å². The van der Waals surface area contributed by atoms with Crippen molar-refractivity contribution in [2.45, 2.75) is 0 Å². The average Bonchev–Trinajstić information content (AvgIpc) is 2.30. The molecule has 0 aliphatic carbocycles. The molecule has 86 valence electrons. The normalized spacial score (nSPS) is 17.1. The number of primary amides is 1. The Balaban J connectivity index is 1.88. The van der Waals surface area contributed by atoms with E-state index in [2.05, 4.69) is 15.3 Å². The number of anilines is 1. The van der Waals surface area contributed by atoms with Gasteiger partial charge in [-0.3, -0.25) is 5.43 Å².